The lowest BCUT2D eigenvalue weighted by Gasteiger charge is -2.26. The molecule has 0 saturated heterocycles. The second-order valence-electron chi connectivity index (χ2n) is 6.68. The lowest BCUT2D eigenvalue weighted by Crippen LogP contribution is -2.27. The number of benzene rings is 2. The van der Waals surface area contributed by atoms with E-state index in [1.165, 1.54) is 12.1 Å². The number of sulfone groups is 1. The fraction of sp³-hybridized carbons (Fsp3) is 0.368. The summed E-state index contributed by atoms with van der Waals surface area (Å²) in [4.78, 5) is 12.7. The van der Waals surface area contributed by atoms with Crippen LogP contribution in [0.25, 0.3) is 0 Å². The maximum absolute atomic E-state index is 11.7. The van der Waals surface area contributed by atoms with Gasteiger partial charge in [-0.2, -0.15) is 0 Å². The molecule has 0 aromatic heterocycles. The van der Waals surface area contributed by atoms with Crippen LogP contribution in [-0.4, -0.2) is 59.4 Å². The van der Waals surface area contributed by atoms with Crippen molar-refractivity contribution >= 4 is 21.2 Å². The molecule has 0 bridgehead atoms. The highest BCUT2D eigenvalue weighted by molar-refractivity contribution is 7.90. The first-order valence-electron chi connectivity index (χ1n) is 8.69. The van der Waals surface area contributed by atoms with Crippen LogP contribution >= 0.6 is 0 Å². The van der Waals surface area contributed by atoms with E-state index in [0.29, 0.717) is 18.0 Å². The molecule has 0 spiro atoms. The van der Waals surface area contributed by atoms with Crippen molar-refractivity contribution in [2.24, 2.45) is 0 Å². The molecule has 0 aliphatic rings. The number of hydrogen-bond acceptors (Lipinski definition) is 8. The molecule has 29 heavy (non-hydrogen) atoms. The van der Waals surface area contributed by atoms with Crippen molar-refractivity contribution in [3.8, 4) is 11.5 Å². The van der Waals surface area contributed by atoms with Crippen molar-refractivity contribution in [1.29, 1.82) is 0 Å². The first-order valence-corrected chi connectivity index (χ1v) is 10.6. The van der Waals surface area contributed by atoms with Gasteiger partial charge in [-0.25, -0.2) is 8.42 Å². The number of hydrogen-bond donors (Lipinski definition) is 1. The Balaban J connectivity index is 2.33. The highest BCUT2D eigenvalue weighted by Crippen LogP contribution is 2.33. The quantitative estimate of drug-likeness (QED) is 0.484. The fourth-order valence-electron chi connectivity index (χ4n) is 2.91. The van der Waals surface area contributed by atoms with Crippen molar-refractivity contribution in [3.05, 3.63) is 52.1 Å². The van der Waals surface area contributed by atoms with Gasteiger partial charge in [0.1, 0.15) is 5.69 Å². The number of methoxy groups -OCH3 is 2. The Kier molecular flexibility index (Phi) is 7.04. The van der Waals surface area contributed by atoms with Gasteiger partial charge in [-0.15, -0.1) is 0 Å². The van der Waals surface area contributed by atoms with Crippen molar-refractivity contribution in [2.45, 2.75) is 10.9 Å². The molecule has 0 aliphatic heterocycles. The SMILES string of the molecule is COc1ccc(C(CNc2ccc(S(C)(=O)=O)cc2[N+](=O)[O-])N(C)C)cc1OC. The monoisotopic (exact) mass is 423 g/mol. The Bertz CT molecular complexity index is 991. The van der Waals surface area contributed by atoms with E-state index in [1.54, 1.807) is 20.3 Å². The molecule has 0 amide bonds. The van der Waals surface area contributed by atoms with E-state index in [9.17, 15) is 18.5 Å². The van der Waals surface area contributed by atoms with Crippen LogP contribution in [0.5, 0.6) is 11.5 Å². The normalized spacial score (nSPS) is 12.5. The Morgan fingerprint density at radius 2 is 1.76 bits per heavy atom. The van der Waals surface area contributed by atoms with Gasteiger partial charge in [-0.05, 0) is 43.9 Å². The lowest BCUT2D eigenvalue weighted by atomic mass is 10.0. The van der Waals surface area contributed by atoms with Crippen LogP contribution in [0.2, 0.25) is 0 Å². The summed E-state index contributed by atoms with van der Waals surface area (Å²) in [5.74, 6) is 1.19. The summed E-state index contributed by atoms with van der Waals surface area (Å²) in [6.45, 7) is 0.349. The van der Waals surface area contributed by atoms with Gasteiger partial charge in [0.15, 0.2) is 21.3 Å². The summed E-state index contributed by atoms with van der Waals surface area (Å²) >= 11 is 0. The standard InChI is InChI=1S/C19H25N3O6S/c1-21(2)17(13-6-9-18(27-3)19(10-13)28-4)12-20-15-8-7-14(29(5,25)26)11-16(15)22(23)24/h6-11,17,20H,12H2,1-5H3. The van der Waals surface area contributed by atoms with E-state index in [1.807, 2.05) is 31.1 Å². The van der Waals surface area contributed by atoms with E-state index in [0.717, 1.165) is 17.9 Å². The summed E-state index contributed by atoms with van der Waals surface area (Å²) < 4.78 is 34.0. The van der Waals surface area contributed by atoms with E-state index in [4.69, 9.17) is 9.47 Å². The molecule has 2 rings (SSSR count). The van der Waals surface area contributed by atoms with Crippen LogP contribution in [0, 0.1) is 10.1 Å². The molecule has 1 N–H and O–H groups in total. The van der Waals surface area contributed by atoms with E-state index in [2.05, 4.69) is 5.32 Å². The molecule has 0 aliphatic carbocycles. The van der Waals surface area contributed by atoms with E-state index in [-0.39, 0.29) is 22.3 Å². The minimum absolute atomic E-state index is 0.0983. The number of nitrogens with zero attached hydrogens (tertiary/aromatic N) is 2. The third-order valence-corrected chi connectivity index (χ3v) is 5.61. The van der Waals surface area contributed by atoms with Crippen LogP contribution in [0.4, 0.5) is 11.4 Å². The Hall–Kier alpha value is -2.85. The predicted octanol–water partition coefficient (Wildman–Crippen LogP) is 2.73. The summed E-state index contributed by atoms with van der Waals surface area (Å²) in [6.07, 6.45) is 1.01. The molecular weight excluding hydrogens is 398 g/mol. The molecule has 1 unspecified atom stereocenters. The summed E-state index contributed by atoms with van der Waals surface area (Å²) in [7, 11) is 3.35. The first-order chi connectivity index (χ1) is 13.6. The van der Waals surface area contributed by atoms with Crippen molar-refractivity contribution in [3.63, 3.8) is 0 Å². The highest BCUT2D eigenvalue weighted by atomic mass is 32.2. The van der Waals surface area contributed by atoms with Crippen molar-refractivity contribution < 1.29 is 22.8 Å². The third kappa shape index (κ3) is 5.36. The van der Waals surface area contributed by atoms with Gasteiger partial charge in [0.05, 0.1) is 30.1 Å². The van der Waals surface area contributed by atoms with Gasteiger partial charge >= 0.3 is 0 Å². The molecule has 0 fully saturated rings. The largest absolute Gasteiger partial charge is 0.493 e. The molecule has 2 aromatic rings. The molecule has 1 atom stereocenters. The van der Waals surface area contributed by atoms with Crippen LogP contribution in [0.3, 0.4) is 0 Å². The summed E-state index contributed by atoms with van der Waals surface area (Å²) in [6, 6.07) is 9.25. The number of ether oxygens (including phenoxy) is 2. The minimum atomic E-state index is -3.54. The average Bonchev–Trinajstić information content (AvgIpc) is 2.66. The van der Waals surface area contributed by atoms with Gasteiger partial charge < -0.3 is 19.7 Å². The zero-order chi connectivity index (χ0) is 21.8. The average molecular weight is 423 g/mol. The Labute approximate surface area is 170 Å². The van der Waals surface area contributed by atoms with Gasteiger partial charge in [-0.3, -0.25) is 10.1 Å². The molecule has 9 nitrogen and oxygen atoms in total. The fourth-order valence-corrected chi connectivity index (χ4v) is 3.55. The maximum atomic E-state index is 11.7. The predicted molar refractivity (Wildman–Crippen MR) is 111 cm³/mol. The highest BCUT2D eigenvalue weighted by Gasteiger charge is 2.21. The van der Waals surface area contributed by atoms with Crippen LogP contribution in [-0.2, 0) is 9.84 Å². The second kappa shape index (κ2) is 9.10. The number of nitro benzene ring substituents is 1. The number of nitrogens with one attached hydrogen (secondary N) is 1. The van der Waals surface area contributed by atoms with Crippen LogP contribution in [0.1, 0.15) is 11.6 Å². The van der Waals surface area contributed by atoms with Gasteiger partial charge in [0.25, 0.3) is 5.69 Å². The molecule has 0 saturated carbocycles. The molecule has 0 radical (unpaired) electrons. The van der Waals surface area contributed by atoms with E-state index < -0.39 is 14.8 Å². The Morgan fingerprint density at radius 1 is 1.10 bits per heavy atom. The lowest BCUT2D eigenvalue weighted by molar-refractivity contribution is -0.384. The number of rotatable bonds is 9. The smallest absolute Gasteiger partial charge is 0.293 e. The molecular formula is C19H25N3O6S. The van der Waals surface area contributed by atoms with Crippen molar-refractivity contribution in [1.82, 2.24) is 4.90 Å². The Morgan fingerprint density at radius 3 is 2.28 bits per heavy atom. The topological polar surface area (TPSA) is 111 Å². The van der Waals surface area contributed by atoms with Crippen LogP contribution < -0.4 is 14.8 Å². The number of nitro groups is 1. The molecule has 0 heterocycles. The van der Waals surface area contributed by atoms with E-state index >= 15 is 0 Å². The number of likely N-dealkylation sites (N-methyl/N-ethyl adjacent to an activating group) is 1. The van der Waals surface area contributed by atoms with Crippen LogP contribution in [0.15, 0.2) is 41.3 Å². The second-order valence-corrected chi connectivity index (χ2v) is 8.70. The third-order valence-electron chi connectivity index (χ3n) is 4.50. The van der Waals surface area contributed by atoms with Gasteiger partial charge in [-0.1, -0.05) is 6.07 Å². The minimum Gasteiger partial charge on any atom is -0.493 e. The van der Waals surface area contributed by atoms with Crippen molar-refractivity contribution in [2.75, 3.05) is 46.4 Å². The zero-order valence-electron chi connectivity index (χ0n) is 17.0. The maximum Gasteiger partial charge on any atom is 0.293 e. The summed E-state index contributed by atoms with van der Waals surface area (Å²) in [5.41, 5.74) is 0.878. The first kappa shape index (κ1) is 22.4. The molecule has 2 aromatic carbocycles. The van der Waals surface area contributed by atoms with Gasteiger partial charge in [0, 0.05) is 18.9 Å². The van der Waals surface area contributed by atoms with Gasteiger partial charge in [0.2, 0.25) is 0 Å². The zero-order valence-corrected chi connectivity index (χ0v) is 17.8. The number of anilines is 1. The molecule has 10 heteroatoms. The summed E-state index contributed by atoms with van der Waals surface area (Å²) in [5, 5.41) is 14.5. The molecule has 158 valence electrons.